The number of amides is 1. The summed E-state index contributed by atoms with van der Waals surface area (Å²) in [6.07, 6.45) is 0.735. The largest absolute Gasteiger partial charge is 0.341 e. The number of carbonyl (C=O) groups excluding carboxylic acids is 1. The summed E-state index contributed by atoms with van der Waals surface area (Å²) >= 11 is 5.84. The molecule has 1 saturated heterocycles. The lowest BCUT2D eigenvalue weighted by molar-refractivity contribution is -0.129. The van der Waals surface area contributed by atoms with E-state index in [2.05, 4.69) is 0 Å². The van der Waals surface area contributed by atoms with Crippen molar-refractivity contribution in [2.75, 3.05) is 13.1 Å². The second-order valence-electron chi connectivity index (χ2n) is 5.91. The van der Waals surface area contributed by atoms with Crippen LogP contribution in [0.3, 0.4) is 0 Å². The fraction of sp³-hybridized carbons (Fsp3) is 0.278. The number of likely N-dealkylation sites (tertiary alicyclic amines) is 1. The maximum absolute atomic E-state index is 12.6. The molecule has 1 atom stereocenters. The summed E-state index contributed by atoms with van der Waals surface area (Å²) in [5, 5.41) is 0.0930. The van der Waals surface area contributed by atoms with Gasteiger partial charge < -0.3 is 4.90 Å². The van der Waals surface area contributed by atoms with Crippen molar-refractivity contribution >= 4 is 27.3 Å². The van der Waals surface area contributed by atoms with E-state index in [-0.39, 0.29) is 18.9 Å². The smallest absolute Gasteiger partial charge is 0.227 e. The van der Waals surface area contributed by atoms with Crippen molar-refractivity contribution in [2.45, 2.75) is 23.0 Å². The van der Waals surface area contributed by atoms with Crippen LogP contribution in [0.25, 0.3) is 0 Å². The molecule has 0 bridgehead atoms. The van der Waals surface area contributed by atoms with E-state index in [1.807, 2.05) is 12.1 Å². The topological polar surface area (TPSA) is 54.5 Å². The monoisotopic (exact) mass is 363 g/mol. The molecule has 2 aromatic carbocycles. The molecule has 24 heavy (non-hydrogen) atoms. The van der Waals surface area contributed by atoms with Crippen LogP contribution >= 0.6 is 11.6 Å². The fourth-order valence-electron chi connectivity index (χ4n) is 2.90. The van der Waals surface area contributed by atoms with E-state index in [9.17, 15) is 13.2 Å². The van der Waals surface area contributed by atoms with Gasteiger partial charge in [0.15, 0.2) is 9.84 Å². The molecule has 1 aliphatic rings. The van der Waals surface area contributed by atoms with Gasteiger partial charge in [0.1, 0.15) is 0 Å². The van der Waals surface area contributed by atoms with E-state index in [1.54, 1.807) is 47.4 Å². The van der Waals surface area contributed by atoms with Crippen molar-refractivity contribution < 1.29 is 13.2 Å². The molecule has 1 fully saturated rings. The molecule has 126 valence electrons. The van der Waals surface area contributed by atoms with Crippen LogP contribution in [-0.2, 0) is 21.1 Å². The van der Waals surface area contributed by atoms with E-state index >= 15 is 0 Å². The number of hydrogen-bond donors (Lipinski definition) is 0. The van der Waals surface area contributed by atoms with Crippen molar-refractivity contribution in [3.05, 3.63) is 65.2 Å². The molecule has 0 aliphatic carbocycles. The lowest BCUT2D eigenvalue weighted by Crippen LogP contribution is -2.32. The molecule has 0 saturated carbocycles. The van der Waals surface area contributed by atoms with Gasteiger partial charge in [0, 0.05) is 18.1 Å². The summed E-state index contributed by atoms with van der Waals surface area (Å²) < 4.78 is 25.3. The molecule has 3 rings (SSSR count). The molecule has 0 spiro atoms. The van der Waals surface area contributed by atoms with Crippen molar-refractivity contribution in [3.8, 4) is 0 Å². The van der Waals surface area contributed by atoms with Crippen LogP contribution in [0.4, 0.5) is 0 Å². The molecule has 1 heterocycles. The molecule has 2 aromatic rings. The standard InChI is InChI=1S/C18H18ClNO3S/c19-15-8-6-14(7-9-15)12-18(21)20-11-10-17(13-20)24(22,23)16-4-2-1-3-5-16/h1-9,17H,10-13H2. The second-order valence-corrected chi connectivity index (χ2v) is 8.58. The predicted molar refractivity (Wildman–Crippen MR) is 93.8 cm³/mol. The van der Waals surface area contributed by atoms with Crippen molar-refractivity contribution in [3.63, 3.8) is 0 Å². The van der Waals surface area contributed by atoms with Crippen molar-refractivity contribution in [2.24, 2.45) is 0 Å². The molecular formula is C18H18ClNO3S. The third kappa shape index (κ3) is 3.62. The Labute approximate surface area is 147 Å². The molecule has 0 N–H and O–H groups in total. The first-order chi connectivity index (χ1) is 11.5. The van der Waals surface area contributed by atoms with Crippen molar-refractivity contribution in [1.82, 2.24) is 4.90 Å². The first-order valence-electron chi connectivity index (χ1n) is 7.78. The van der Waals surface area contributed by atoms with Gasteiger partial charge in [-0.1, -0.05) is 41.9 Å². The number of nitrogens with zero attached hydrogens (tertiary/aromatic N) is 1. The van der Waals surface area contributed by atoms with Crippen LogP contribution in [0.1, 0.15) is 12.0 Å². The third-order valence-corrected chi connectivity index (χ3v) is 6.72. The van der Waals surface area contributed by atoms with E-state index in [0.717, 1.165) is 5.56 Å². The zero-order valence-corrected chi connectivity index (χ0v) is 14.6. The van der Waals surface area contributed by atoms with Gasteiger partial charge >= 0.3 is 0 Å². The highest BCUT2D eigenvalue weighted by molar-refractivity contribution is 7.92. The van der Waals surface area contributed by atoms with E-state index in [0.29, 0.717) is 22.9 Å². The Balaban J connectivity index is 1.66. The highest BCUT2D eigenvalue weighted by atomic mass is 35.5. The quantitative estimate of drug-likeness (QED) is 0.839. The normalized spacial score (nSPS) is 17.9. The highest BCUT2D eigenvalue weighted by Crippen LogP contribution is 2.24. The van der Waals surface area contributed by atoms with Crippen LogP contribution in [0, 0.1) is 0 Å². The van der Waals surface area contributed by atoms with E-state index < -0.39 is 15.1 Å². The number of halogens is 1. The van der Waals surface area contributed by atoms with Gasteiger partial charge in [-0.15, -0.1) is 0 Å². The van der Waals surface area contributed by atoms with Gasteiger partial charge in [0.05, 0.1) is 16.6 Å². The first-order valence-corrected chi connectivity index (χ1v) is 9.70. The van der Waals surface area contributed by atoms with E-state index in [1.165, 1.54) is 0 Å². The molecule has 0 radical (unpaired) electrons. The van der Waals surface area contributed by atoms with Gasteiger partial charge in [0.25, 0.3) is 0 Å². The summed E-state index contributed by atoms with van der Waals surface area (Å²) in [4.78, 5) is 14.4. The molecule has 1 amide bonds. The molecule has 0 aromatic heterocycles. The average Bonchev–Trinajstić information content (AvgIpc) is 3.09. The van der Waals surface area contributed by atoms with Crippen LogP contribution < -0.4 is 0 Å². The zero-order chi connectivity index (χ0) is 17.2. The van der Waals surface area contributed by atoms with Crippen molar-refractivity contribution in [1.29, 1.82) is 0 Å². The first kappa shape index (κ1) is 17.0. The summed E-state index contributed by atoms with van der Waals surface area (Å²) in [5.74, 6) is -0.0527. The van der Waals surface area contributed by atoms with Crippen LogP contribution in [-0.4, -0.2) is 37.6 Å². The molecule has 1 unspecified atom stereocenters. The lowest BCUT2D eigenvalue weighted by Gasteiger charge is -2.17. The SMILES string of the molecule is O=C(Cc1ccc(Cl)cc1)N1CCC(S(=O)(=O)c2ccccc2)C1. The molecular weight excluding hydrogens is 346 g/mol. The third-order valence-electron chi connectivity index (χ3n) is 4.28. The summed E-state index contributed by atoms with van der Waals surface area (Å²) in [6.45, 7) is 0.729. The summed E-state index contributed by atoms with van der Waals surface area (Å²) in [6, 6.07) is 15.5. The number of benzene rings is 2. The van der Waals surface area contributed by atoms with Gasteiger partial charge in [-0.05, 0) is 36.2 Å². The Morgan fingerprint density at radius 3 is 2.42 bits per heavy atom. The zero-order valence-electron chi connectivity index (χ0n) is 13.1. The Hall–Kier alpha value is -1.85. The van der Waals surface area contributed by atoms with Gasteiger partial charge in [-0.25, -0.2) is 8.42 Å². The minimum Gasteiger partial charge on any atom is -0.341 e. The lowest BCUT2D eigenvalue weighted by atomic mass is 10.1. The summed E-state index contributed by atoms with van der Waals surface area (Å²) in [7, 11) is -3.39. The molecule has 4 nitrogen and oxygen atoms in total. The number of carbonyl (C=O) groups is 1. The Morgan fingerprint density at radius 1 is 1.08 bits per heavy atom. The maximum Gasteiger partial charge on any atom is 0.227 e. The minimum atomic E-state index is -3.39. The Kier molecular flexibility index (Phi) is 4.92. The molecule has 1 aliphatic heterocycles. The number of rotatable bonds is 4. The number of hydrogen-bond acceptors (Lipinski definition) is 3. The second kappa shape index (κ2) is 6.95. The highest BCUT2D eigenvalue weighted by Gasteiger charge is 2.35. The molecule has 6 heteroatoms. The van der Waals surface area contributed by atoms with Crippen LogP contribution in [0.15, 0.2) is 59.5 Å². The Bertz CT molecular complexity index is 819. The Morgan fingerprint density at radius 2 is 1.75 bits per heavy atom. The average molecular weight is 364 g/mol. The fourth-order valence-corrected chi connectivity index (χ4v) is 4.74. The van der Waals surface area contributed by atoms with Crippen LogP contribution in [0.5, 0.6) is 0 Å². The predicted octanol–water partition coefficient (Wildman–Crippen LogP) is 2.96. The van der Waals surface area contributed by atoms with E-state index in [4.69, 9.17) is 11.6 Å². The van der Waals surface area contributed by atoms with Crippen LogP contribution in [0.2, 0.25) is 5.02 Å². The van der Waals surface area contributed by atoms with Gasteiger partial charge in [-0.3, -0.25) is 4.79 Å². The van der Waals surface area contributed by atoms with Gasteiger partial charge in [-0.2, -0.15) is 0 Å². The van der Waals surface area contributed by atoms with Gasteiger partial charge in [0.2, 0.25) is 5.91 Å². The summed E-state index contributed by atoms with van der Waals surface area (Å²) in [5.41, 5.74) is 0.874. The number of sulfone groups is 1. The maximum atomic E-state index is 12.6. The minimum absolute atomic E-state index is 0.0527.